The average molecular weight is 268 g/mol. The molecule has 0 amide bonds. The standard InChI is InChI=1S/C16H16N2S/c1-12-6-9-15(19-12)11-17-10-14-8-7-13-4-2-3-5-16(13)18-14/h2-9,17H,10-11H2,1H3. The number of nitrogens with zero attached hydrogens (tertiary/aromatic N) is 1. The number of hydrogen-bond donors (Lipinski definition) is 1. The van der Waals surface area contributed by atoms with Gasteiger partial charge in [0.1, 0.15) is 0 Å². The predicted molar refractivity (Wildman–Crippen MR) is 81.3 cm³/mol. The fourth-order valence-corrected chi connectivity index (χ4v) is 2.96. The topological polar surface area (TPSA) is 24.9 Å². The lowest BCUT2D eigenvalue weighted by atomic mass is 10.2. The molecule has 1 N–H and O–H groups in total. The van der Waals surface area contributed by atoms with Crippen molar-refractivity contribution in [1.29, 1.82) is 0 Å². The third kappa shape index (κ3) is 3.00. The van der Waals surface area contributed by atoms with Crippen molar-refractivity contribution in [3.8, 4) is 0 Å². The first-order valence-corrected chi connectivity index (χ1v) is 7.23. The summed E-state index contributed by atoms with van der Waals surface area (Å²) in [6.07, 6.45) is 0. The minimum atomic E-state index is 0.807. The lowest BCUT2D eigenvalue weighted by molar-refractivity contribution is 0.688. The Balaban J connectivity index is 1.65. The van der Waals surface area contributed by atoms with Crippen molar-refractivity contribution in [2.45, 2.75) is 20.0 Å². The highest BCUT2D eigenvalue weighted by atomic mass is 32.1. The van der Waals surface area contributed by atoms with Crippen molar-refractivity contribution in [3.05, 3.63) is 64.0 Å². The Morgan fingerprint density at radius 3 is 2.74 bits per heavy atom. The normalized spacial score (nSPS) is 11.0. The summed E-state index contributed by atoms with van der Waals surface area (Å²) in [5.41, 5.74) is 2.15. The third-order valence-corrected chi connectivity index (χ3v) is 4.06. The summed E-state index contributed by atoms with van der Waals surface area (Å²) >= 11 is 1.84. The number of para-hydroxylation sites is 1. The third-order valence-electron chi connectivity index (χ3n) is 3.06. The Kier molecular flexibility index (Phi) is 3.58. The van der Waals surface area contributed by atoms with E-state index in [1.807, 2.05) is 23.5 Å². The molecule has 2 aromatic heterocycles. The second kappa shape index (κ2) is 5.51. The van der Waals surface area contributed by atoms with Crippen LogP contribution in [0.1, 0.15) is 15.4 Å². The van der Waals surface area contributed by atoms with Gasteiger partial charge in [0, 0.05) is 28.2 Å². The van der Waals surface area contributed by atoms with Crippen molar-refractivity contribution in [1.82, 2.24) is 10.3 Å². The molecule has 0 unspecified atom stereocenters. The van der Waals surface area contributed by atoms with Gasteiger partial charge >= 0.3 is 0 Å². The molecule has 0 aliphatic heterocycles. The lowest BCUT2D eigenvalue weighted by Gasteiger charge is -2.04. The van der Waals surface area contributed by atoms with Gasteiger partial charge in [-0.15, -0.1) is 11.3 Å². The molecule has 3 heteroatoms. The van der Waals surface area contributed by atoms with Crippen LogP contribution in [0.5, 0.6) is 0 Å². The highest BCUT2D eigenvalue weighted by molar-refractivity contribution is 7.11. The molecule has 0 spiro atoms. The summed E-state index contributed by atoms with van der Waals surface area (Å²) in [5, 5.41) is 4.64. The molecule has 0 radical (unpaired) electrons. The maximum atomic E-state index is 4.65. The van der Waals surface area contributed by atoms with Crippen LogP contribution in [-0.4, -0.2) is 4.98 Å². The molecule has 0 fully saturated rings. The zero-order chi connectivity index (χ0) is 13.1. The quantitative estimate of drug-likeness (QED) is 0.776. The molecule has 0 bridgehead atoms. The summed E-state index contributed by atoms with van der Waals surface area (Å²) in [7, 11) is 0. The van der Waals surface area contributed by atoms with Gasteiger partial charge in [-0.2, -0.15) is 0 Å². The number of benzene rings is 1. The highest BCUT2D eigenvalue weighted by Gasteiger charge is 1.99. The van der Waals surface area contributed by atoms with Crippen molar-refractivity contribution in [2.75, 3.05) is 0 Å². The summed E-state index contributed by atoms with van der Waals surface area (Å²) in [6.45, 7) is 3.86. The van der Waals surface area contributed by atoms with Crippen LogP contribution in [0.15, 0.2) is 48.5 Å². The SMILES string of the molecule is Cc1ccc(CNCc2ccc3ccccc3n2)s1. The molecule has 19 heavy (non-hydrogen) atoms. The van der Waals surface area contributed by atoms with Crippen LogP contribution in [0.25, 0.3) is 10.9 Å². The number of nitrogens with one attached hydrogen (secondary N) is 1. The smallest absolute Gasteiger partial charge is 0.0705 e. The zero-order valence-electron chi connectivity index (χ0n) is 10.9. The van der Waals surface area contributed by atoms with Crippen LogP contribution in [0.2, 0.25) is 0 Å². The van der Waals surface area contributed by atoms with E-state index in [1.165, 1.54) is 15.1 Å². The maximum Gasteiger partial charge on any atom is 0.0705 e. The minimum Gasteiger partial charge on any atom is -0.306 e. The van der Waals surface area contributed by atoms with Gasteiger partial charge < -0.3 is 5.32 Å². The molecule has 0 aliphatic carbocycles. The van der Waals surface area contributed by atoms with Crippen LogP contribution in [-0.2, 0) is 13.1 Å². The molecule has 0 atom stereocenters. The second-order valence-electron chi connectivity index (χ2n) is 4.61. The molecule has 3 rings (SSSR count). The number of rotatable bonds is 4. The van der Waals surface area contributed by atoms with Crippen molar-refractivity contribution >= 4 is 22.2 Å². The van der Waals surface area contributed by atoms with E-state index in [1.54, 1.807) is 0 Å². The minimum absolute atomic E-state index is 0.807. The Bertz CT molecular complexity index is 688. The van der Waals surface area contributed by atoms with Crippen LogP contribution < -0.4 is 5.32 Å². The Labute approximate surface area is 117 Å². The molecule has 0 saturated carbocycles. The van der Waals surface area contributed by atoms with Gasteiger partial charge in [0.05, 0.1) is 11.2 Å². The van der Waals surface area contributed by atoms with Crippen LogP contribution >= 0.6 is 11.3 Å². The number of aromatic nitrogens is 1. The highest BCUT2D eigenvalue weighted by Crippen LogP contribution is 2.15. The second-order valence-corrected chi connectivity index (χ2v) is 5.98. The number of pyridine rings is 1. The van der Waals surface area contributed by atoms with E-state index in [4.69, 9.17) is 0 Å². The summed E-state index contributed by atoms with van der Waals surface area (Å²) in [4.78, 5) is 7.39. The first kappa shape index (κ1) is 12.3. The zero-order valence-corrected chi connectivity index (χ0v) is 11.7. The monoisotopic (exact) mass is 268 g/mol. The Hall–Kier alpha value is -1.71. The molecular formula is C16H16N2S. The van der Waals surface area contributed by atoms with E-state index in [0.29, 0.717) is 0 Å². The van der Waals surface area contributed by atoms with Gasteiger partial charge in [0.25, 0.3) is 0 Å². The number of fused-ring (bicyclic) bond motifs is 1. The van der Waals surface area contributed by atoms with Crippen molar-refractivity contribution in [3.63, 3.8) is 0 Å². The van der Waals surface area contributed by atoms with E-state index in [2.05, 4.69) is 53.6 Å². The van der Waals surface area contributed by atoms with E-state index in [9.17, 15) is 0 Å². The van der Waals surface area contributed by atoms with Crippen LogP contribution in [0, 0.1) is 6.92 Å². The van der Waals surface area contributed by atoms with E-state index >= 15 is 0 Å². The van der Waals surface area contributed by atoms with E-state index < -0.39 is 0 Å². The number of hydrogen-bond acceptors (Lipinski definition) is 3. The largest absolute Gasteiger partial charge is 0.306 e. The average Bonchev–Trinajstić information content (AvgIpc) is 2.84. The Morgan fingerprint density at radius 2 is 1.89 bits per heavy atom. The Morgan fingerprint density at radius 1 is 1.00 bits per heavy atom. The number of thiophene rings is 1. The van der Waals surface area contributed by atoms with E-state index in [-0.39, 0.29) is 0 Å². The molecular weight excluding hydrogens is 252 g/mol. The van der Waals surface area contributed by atoms with Crippen LogP contribution in [0.3, 0.4) is 0 Å². The predicted octanol–water partition coefficient (Wildman–Crippen LogP) is 3.89. The lowest BCUT2D eigenvalue weighted by Crippen LogP contribution is -2.12. The van der Waals surface area contributed by atoms with Crippen molar-refractivity contribution in [2.24, 2.45) is 0 Å². The van der Waals surface area contributed by atoms with Gasteiger partial charge in [-0.05, 0) is 31.2 Å². The first-order chi connectivity index (χ1) is 9.31. The molecule has 2 nitrogen and oxygen atoms in total. The first-order valence-electron chi connectivity index (χ1n) is 6.42. The van der Waals surface area contributed by atoms with Crippen molar-refractivity contribution < 1.29 is 0 Å². The number of aryl methyl sites for hydroxylation is 1. The maximum absolute atomic E-state index is 4.65. The fraction of sp³-hybridized carbons (Fsp3) is 0.188. The van der Waals surface area contributed by atoms with Crippen LogP contribution in [0.4, 0.5) is 0 Å². The molecule has 3 aromatic rings. The van der Waals surface area contributed by atoms with Gasteiger partial charge in [-0.25, -0.2) is 0 Å². The molecule has 0 aliphatic rings. The molecule has 1 aromatic carbocycles. The molecule has 96 valence electrons. The molecule has 2 heterocycles. The summed E-state index contributed by atoms with van der Waals surface area (Å²) in [6, 6.07) is 16.8. The van der Waals surface area contributed by atoms with Gasteiger partial charge in [0.15, 0.2) is 0 Å². The van der Waals surface area contributed by atoms with Gasteiger partial charge in [0.2, 0.25) is 0 Å². The van der Waals surface area contributed by atoms with Gasteiger partial charge in [-0.3, -0.25) is 4.98 Å². The fourth-order valence-electron chi connectivity index (χ4n) is 2.10. The summed E-state index contributed by atoms with van der Waals surface area (Å²) in [5.74, 6) is 0. The summed E-state index contributed by atoms with van der Waals surface area (Å²) < 4.78 is 0. The molecule has 0 saturated heterocycles. The van der Waals surface area contributed by atoms with Gasteiger partial charge in [-0.1, -0.05) is 24.3 Å². The van der Waals surface area contributed by atoms with E-state index in [0.717, 1.165) is 24.3 Å².